The maximum atomic E-state index is 5.93. The van der Waals surface area contributed by atoms with Gasteiger partial charge in [0, 0.05) is 16.8 Å². The van der Waals surface area contributed by atoms with Crippen LogP contribution in [0.4, 0.5) is 0 Å². The normalized spacial score (nSPS) is 20.4. The average Bonchev–Trinajstić information content (AvgIpc) is 2.79. The molecule has 1 aromatic carbocycles. The van der Waals surface area contributed by atoms with Gasteiger partial charge in [-0.25, -0.2) is 4.98 Å². The van der Waals surface area contributed by atoms with Crippen LogP contribution in [0, 0.1) is 0 Å². The van der Waals surface area contributed by atoms with Crippen LogP contribution in [0.1, 0.15) is 19.3 Å². The highest BCUT2D eigenvalue weighted by molar-refractivity contribution is 7.99. The molecule has 0 saturated carbocycles. The molecule has 0 aliphatic carbocycles. The van der Waals surface area contributed by atoms with E-state index in [-0.39, 0.29) is 0 Å². The van der Waals surface area contributed by atoms with Gasteiger partial charge in [-0.15, -0.1) is 0 Å². The Morgan fingerprint density at radius 3 is 3.22 bits per heavy atom. The molecule has 1 aliphatic heterocycles. The fourth-order valence-corrected chi connectivity index (χ4v) is 3.29. The molecule has 5 heteroatoms. The largest absolute Gasteiger partial charge is 0.431 e. The van der Waals surface area contributed by atoms with E-state index < -0.39 is 0 Å². The van der Waals surface area contributed by atoms with Crippen molar-refractivity contribution >= 4 is 34.5 Å². The molecular formula is C13H15ClN2OS. The van der Waals surface area contributed by atoms with Crippen molar-refractivity contribution in [1.29, 1.82) is 0 Å². The van der Waals surface area contributed by atoms with Gasteiger partial charge >= 0.3 is 0 Å². The van der Waals surface area contributed by atoms with Crippen LogP contribution in [0.25, 0.3) is 11.1 Å². The van der Waals surface area contributed by atoms with Crippen LogP contribution in [0.5, 0.6) is 0 Å². The van der Waals surface area contributed by atoms with Gasteiger partial charge in [-0.05, 0) is 37.6 Å². The number of aromatic nitrogens is 1. The van der Waals surface area contributed by atoms with E-state index >= 15 is 0 Å². The van der Waals surface area contributed by atoms with Gasteiger partial charge in [0.05, 0.1) is 0 Å². The first-order valence-corrected chi connectivity index (χ1v) is 7.60. The number of hydrogen-bond acceptors (Lipinski definition) is 4. The Balaban J connectivity index is 1.67. The van der Waals surface area contributed by atoms with E-state index in [9.17, 15) is 0 Å². The maximum Gasteiger partial charge on any atom is 0.256 e. The Labute approximate surface area is 115 Å². The third-order valence-electron chi connectivity index (χ3n) is 3.15. The average molecular weight is 283 g/mol. The summed E-state index contributed by atoms with van der Waals surface area (Å²) in [5, 5.41) is 4.95. The van der Waals surface area contributed by atoms with Gasteiger partial charge < -0.3 is 9.73 Å². The lowest BCUT2D eigenvalue weighted by Crippen LogP contribution is -2.35. The topological polar surface area (TPSA) is 38.1 Å². The van der Waals surface area contributed by atoms with Crippen molar-refractivity contribution in [3.8, 4) is 0 Å². The summed E-state index contributed by atoms with van der Waals surface area (Å²) in [5.41, 5.74) is 1.64. The number of piperidine rings is 1. The quantitative estimate of drug-likeness (QED) is 0.871. The molecule has 96 valence electrons. The van der Waals surface area contributed by atoms with Crippen LogP contribution in [0.15, 0.2) is 27.8 Å². The fourth-order valence-electron chi connectivity index (χ4n) is 2.18. The number of nitrogens with zero attached hydrogens (tertiary/aromatic N) is 1. The molecule has 18 heavy (non-hydrogen) atoms. The van der Waals surface area contributed by atoms with Gasteiger partial charge in [0.1, 0.15) is 5.52 Å². The molecule has 1 N–H and O–H groups in total. The number of rotatable bonds is 3. The van der Waals surface area contributed by atoms with E-state index in [0.717, 1.165) is 28.6 Å². The van der Waals surface area contributed by atoms with Gasteiger partial charge in [0.2, 0.25) is 0 Å². The van der Waals surface area contributed by atoms with Crippen molar-refractivity contribution in [2.24, 2.45) is 0 Å². The molecule has 1 aliphatic rings. The highest BCUT2D eigenvalue weighted by atomic mass is 35.5. The Morgan fingerprint density at radius 2 is 2.39 bits per heavy atom. The van der Waals surface area contributed by atoms with Gasteiger partial charge in [-0.1, -0.05) is 29.8 Å². The maximum absolute atomic E-state index is 5.93. The van der Waals surface area contributed by atoms with E-state index in [1.807, 2.05) is 18.2 Å². The van der Waals surface area contributed by atoms with Crippen LogP contribution in [-0.4, -0.2) is 23.3 Å². The summed E-state index contributed by atoms with van der Waals surface area (Å²) in [6.45, 7) is 1.13. The number of hydrogen-bond donors (Lipinski definition) is 1. The first kappa shape index (κ1) is 12.3. The molecule has 3 nitrogen and oxygen atoms in total. The van der Waals surface area contributed by atoms with Gasteiger partial charge in [-0.2, -0.15) is 0 Å². The highest BCUT2D eigenvalue weighted by Gasteiger charge is 2.14. The van der Waals surface area contributed by atoms with E-state index in [1.54, 1.807) is 11.8 Å². The van der Waals surface area contributed by atoms with E-state index in [4.69, 9.17) is 16.0 Å². The molecule has 1 unspecified atom stereocenters. The molecule has 0 bridgehead atoms. The molecule has 2 heterocycles. The second-order valence-electron chi connectivity index (χ2n) is 4.55. The smallest absolute Gasteiger partial charge is 0.256 e. The van der Waals surface area contributed by atoms with Crippen molar-refractivity contribution in [1.82, 2.24) is 10.3 Å². The molecule has 1 atom stereocenters. The minimum Gasteiger partial charge on any atom is -0.431 e. The number of benzene rings is 1. The monoisotopic (exact) mass is 282 g/mol. The van der Waals surface area contributed by atoms with Crippen LogP contribution in [0.2, 0.25) is 5.02 Å². The Kier molecular flexibility index (Phi) is 3.77. The highest BCUT2D eigenvalue weighted by Crippen LogP contribution is 2.26. The van der Waals surface area contributed by atoms with Crippen molar-refractivity contribution in [2.75, 3.05) is 12.3 Å². The first-order chi connectivity index (χ1) is 8.81. The lowest BCUT2D eigenvalue weighted by molar-refractivity contribution is 0.427. The predicted octanol–water partition coefficient (Wildman–Crippen LogP) is 3.72. The molecule has 2 aromatic rings. The van der Waals surface area contributed by atoms with Crippen molar-refractivity contribution in [3.63, 3.8) is 0 Å². The summed E-state index contributed by atoms with van der Waals surface area (Å²) in [4.78, 5) is 4.44. The van der Waals surface area contributed by atoms with Gasteiger partial charge in [0.25, 0.3) is 5.22 Å². The number of oxazole rings is 1. The second kappa shape index (κ2) is 5.51. The van der Waals surface area contributed by atoms with Crippen molar-refractivity contribution in [2.45, 2.75) is 30.5 Å². The Hall–Kier alpha value is -0.710. The third-order valence-corrected chi connectivity index (χ3v) is 4.38. The Morgan fingerprint density at radius 1 is 1.44 bits per heavy atom. The van der Waals surface area contributed by atoms with E-state index in [2.05, 4.69) is 10.3 Å². The first-order valence-electron chi connectivity index (χ1n) is 6.23. The predicted molar refractivity (Wildman–Crippen MR) is 75.4 cm³/mol. The van der Waals surface area contributed by atoms with Crippen LogP contribution in [0.3, 0.4) is 0 Å². The van der Waals surface area contributed by atoms with Crippen molar-refractivity contribution in [3.05, 3.63) is 23.2 Å². The molecule has 1 fully saturated rings. The zero-order chi connectivity index (χ0) is 12.4. The number of halogens is 1. The second-order valence-corrected chi connectivity index (χ2v) is 5.96. The number of thioether (sulfide) groups is 1. The standard InChI is InChI=1S/C13H15ClN2OS/c14-9-4-5-12-11(7-9)16-13(17-12)18-8-10-3-1-2-6-15-10/h4-5,7,10,15H,1-3,6,8H2. The van der Waals surface area contributed by atoms with E-state index in [1.165, 1.54) is 19.3 Å². The number of nitrogens with one attached hydrogen (secondary N) is 1. The summed E-state index contributed by atoms with van der Waals surface area (Å²) >= 11 is 7.60. The summed E-state index contributed by atoms with van der Waals surface area (Å²) in [7, 11) is 0. The molecule has 0 spiro atoms. The molecule has 1 saturated heterocycles. The summed E-state index contributed by atoms with van der Waals surface area (Å²) < 4.78 is 5.68. The van der Waals surface area contributed by atoms with Crippen LogP contribution in [-0.2, 0) is 0 Å². The third kappa shape index (κ3) is 2.82. The molecular weight excluding hydrogens is 268 g/mol. The van der Waals surface area contributed by atoms with Crippen LogP contribution < -0.4 is 5.32 Å². The van der Waals surface area contributed by atoms with E-state index in [0.29, 0.717) is 11.1 Å². The minimum absolute atomic E-state index is 0.586. The molecule has 3 rings (SSSR count). The zero-order valence-electron chi connectivity index (χ0n) is 9.99. The van der Waals surface area contributed by atoms with Crippen LogP contribution >= 0.6 is 23.4 Å². The van der Waals surface area contributed by atoms with Gasteiger partial charge in [0.15, 0.2) is 5.58 Å². The SMILES string of the molecule is Clc1ccc2oc(SCC3CCCCN3)nc2c1. The lowest BCUT2D eigenvalue weighted by atomic mass is 10.1. The minimum atomic E-state index is 0.586. The summed E-state index contributed by atoms with van der Waals surface area (Å²) in [6.07, 6.45) is 3.86. The number of fused-ring (bicyclic) bond motifs is 1. The summed E-state index contributed by atoms with van der Waals surface area (Å²) in [6, 6.07) is 6.12. The zero-order valence-corrected chi connectivity index (χ0v) is 11.6. The molecule has 0 amide bonds. The summed E-state index contributed by atoms with van der Waals surface area (Å²) in [5.74, 6) is 1.01. The fraction of sp³-hybridized carbons (Fsp3) is 0.462. The Bertz CT molecular complexity index is 537. The van der Waals surface area contributed by atoms with Gasteiger partial charge in [-0.3, -0.25) is 0 Å². The van der Waals surface area contributed by atoms with Crippen molar-refractivity contribution < 1.29 is 4.42 Å². The molecule has 1 aromatic heterocycles. The molecule has 0 radical (unpaired) electrons. The lowest BCUT2D eigenvalue weighted by Gasteiger charge is -2.22.